The summed E-state index contributed by atoms with van der Waals surface area (Å²) in [6.45, 7) is 0. The number of anilines is 1. The molecule has 0 unspecified atom stereocenters. The first-order valence-corrected chi connectivity index (χ1v) is 12.7. The molecule has 0 fully saturated rings. The van der Waals surface area contributed by atoms with Crippen molar-refractivity contribution in [1.82, 2.24) is 0 Å². The van der Waals surface area contributed by atoms with Crippen LogP contribution in [0.1, 0.15) is 11.1 Å². The minimum absolute atomic E-state index is 0.0973. The van der Waals surface area contributed by atoms with Gasteiger partial charge >= 0.3 is 0 Å². The van der Waals surface area contributed by atoms with Crippen LogP contribution in [0, 0.1) is 0 Å². The van der Waals surface area contributed by atoms with Gasteiger partial charge in [0.25, 0.3) is 20.2 Å². The first kappa shape index (κ1) is 24.6. The zero-order valence-corrected chi connectivity index (χ0v) is 20.2. The summed E-state index contributed by atoms with van der Waals surface area (Å²) in [6.07, 6.45) is 7.36. The maximum absolute atomic E-state index is 12.2. The Morgan fingerprint density at radius 1 is 0.818 bits per heavy atom. The van der Waals surface area contributed by atoms with Crippen molar-refractivity contribution in [2.24, 2.45) is 0 Å². The van der Waals surface area contributed by atoms with Gasteiger partial charge in [0.05, 0.1) is 4.90 Å². The lowest BCUT2D eigenvalue weighted by molar-refractivity contribution is -0.462. The van der Waals surface area contributed by atoms with E-state index < -0.39 is 30.0 Å². The molecule has 174 valence electrons. The van der Waals surface area contributed by atoms with E-state index >= 15 is 0 Å². The molecule has 0 heterocycles. The van der Waals surface area contributed by atoms with Crippen LogP contribution in [0.3, 0.4) is 0 Å². The van der Waals surface area contributed by atoms with Gasteiger partial charge in [-0.2, -0.15) is 16.8 Å². The van der Waals surface area contributed by atoms with E-state index in [9.17, 15) is 25.9 Å². The molecule has 0 saturated carbocycles. The molecule has 0 amide bonds. The van der Waals surface area contributed by atoms with Crippen molar-refractivity contribution in [3.8, 4) is 0 Å². The van der Waals surface area contributed by atoms with Gasteiger partial charge in [0, 0.05) is 37.5 Å². The van der Waals surface area contributed by atoms with E-state index in [2.05, 4.69) is 0 Å². The molecule has 0 atom stereocenters. The summed E-state index contributed by atoms with van der Waals surface area (Å²) >= 11 is 0. The largest absolute Gasteiger partial charge is 0.378 e. The topological polar surface area (TPSA) is 115 Å². The molecule has 2 aromatic carbocycles. The van der Waals surface area contributed by atoms with Crippen LogP contribution in [-0.2, 0) is 20.2 Å². The molecule has 0 saturated heterocycles. The fraction of sp³-hybridized carbons (Fsp3) is 0.174. The van der Waals surface area contributed by atoms with Gasteiger partial charge in [-0.05, 0) is 53.1 Å². The second kappa shape index (κ2) is 9.06. The number of hydrogen-bond acceptors (Lipinski definition) is 5. The Hall–Kier alpha value is -3.05. The van der Waals surface area contributed by atoms with Crippen molar-refractivity contribution in [1.29, 1.82) is 0 Å². The van der Waals surface area contributed by atoms with Crippen LogP contribution in [0.25, 0.3) is 5.57 Å². The van der Waals surface area contributed by atoms with Crippen LogP contribution >= 0.6 is 0 Å². The summed E-state index contributed by atoms with van der Waals surface area (Å²) in [7, 11) is -1.94. The predicted molar refractivity (Wildman–Crippen MR) is 128 cm³/mol. The summed E-state index contributed by atoms with van der Waals surface area (Å²) in [5, 5.41) is 0. The number of hydrogen-bond donors (Lipinski definition) is 2. The van der Waals surface area contributed by atoms with E-state index in [1.807, 2.05) is 86.2 Å². The molecule has 2 aromatic rings. The van der Waals surface area contributed by atoms with E-state index in [0.29, 0.717) is 16.7 Å². The lowest BCUT2D eigenvalue weighted by atomic mass is 9.90. The Labute approximate surface area is 194 Å². The van der Waals surface area contributed by atoms with Gasteiger partial charge < -0.3 is 4.90 Å². The molecule has 1 aliphatic carbocycles. The van der Waals surface area contributed by atoms with Gasteiger partial charge in [-0.25, -0.2) is 4.58 Å². The Kier molecular flexibility index (Phi) is 6.75. The van der Waals surface area contributed by atoms with Crippen molar-refractivity contribution < 1.29 is 30.5 Å². The Balaban J connectivity index is 2.37. The normalized spacial score (nSPS) is 13.9. The highest BCUT2D eigenvalue weighted by Gasteiger charge is 2.24. The van der Waals surface area contributed by atoms with Crippen molar-refractivity contribution in [3.05, 3.63) is 83.5 Å². The van der Waals surface area contributed by atoms with Crippen LogP contribution in [0.2, 0.25) is 0 Å². The van der Waals surface area contributed by atoms with E-state index in [0.717, 1.165) is 23.5 Å². The lowest BCUT2D eigenvalue weighted by Gasteiger charge is -2.18. The van der Waals surface area contributed by atoms with Crippen molar-refractivity contribution in [2.45, 2.75) is 9.79 Å². The first-order valence-electron chi connectivity index (χ1n) is 9.81. The fourth-order valence-electron chi connectivity index (χ4n) is 3.41. The maximum Gasteiger partial charge on any atom is 0.295 e. The lowest BCUT2D eigenvalue weighted by Crippen LogP contribution is -2.11. The summed E-state index contributed by atoms with van der Waals surface area (Å²) in [5.41, 5.74) is 3.74. The molecular weight excluding hydrogens is 464 g/mol. The van der Waals surface area contributed by atoms with Crippen LogP contribution in [0.5, 0.6) is 0 Å². The van der Waals surface area contributed by atoms with Crippen molar-refractivity contribution >= 4 is 37.2 Å². The van der Waals surface area contributed by atoms with E-state index in [4.69, 9.17) is 0 Å². The smallest absolute Gasteiger partial charge is 0.295 e. The van der Waals surface area contributed by atoms with Crippen LogP contribution in [0.4, 0.5) is 5.69 Å². The predicted octanol–water partition coefficient (Wildman–Crippen LogP) is 2.89. The SMILES string of the molecule is CN(C)c1ccc(C(=C2C=CC(=[N+](C)C)C=C2)c2ccc(S(=O)(=O)O)cc2S(=O)(=O)O)cc1. The number of nitrogens with zero attached hydrogens (tertiary/aromatic N) is 2. The van der Waals surface area contributed by atoms with E-state index in [1.54, 1.807) is 0 Å². The fourth-order valence-corrected chi connectivity index (χ4v) is 4.72. The standard InChI is InChI=1S/C23H24N2O6S2/c1-24(2)18-9-5-16(6-10-18)23(17-7-11-19(12-8-17)25(3)4)21-14-13-20(32(26,27)28)15-22(21)33(29,30)31/h5-15H,1-4H3,(H-,26,27,28,29,30,31)/p+1. The number of rotatable bonds is 5. The van der Waals surface area contributed by atoms with Crippen LogP contribution in [0.15, 0.2) is 82.1 Å². The van der Waals surface area contributed by atoms with Gasteiger partial charge in [-0.1, -0.05) is 18.2 Å². The van der Waals surface area contributed by atoms with Crippen molar-refractivity contribution in [2.75, 3.05) is 33.1 Å². The summed E-state index contributed by atoms with van der Waals surface area (Å²) in [5.74, 6) is 0. The molecule has 3 rings (SSSR count). The third-order valence-electron chi connectivity index (χ3n) is 5.14. The van der Waals surface area contributed by atoms with Gasteiger partial charge in [-0.15, -0.1) is 0 Å². The summed E-state index contributed by atoms with van der Waals surface area (Å²) in [6, 6.07) is 10.5. The zero-order valence-electron chi connectivity index (χ0n) is 18.6. The highest BCUT2D eigenvalue weighted by atomic mass is 32.2. The van der Waals surface area contributed by atoms with E-state index in [-0.39, 0.29) is 5.56 Å². The van der Waals surface area contributed by atoms with Crippen LogP contribution < -0.4 is 4.90 Å². The van der Waals surface area contributed by atoms with Gasteiger partial charge in [-0.3, -0.25) is 9.11 Å². The Bertz CT molecular complexity index is 1410. The number of benzene rings is 2. The minimum Gasteiger partial charge on any atom is -0.378 e. The molecule has 33 heavy (non-hydrogen) atoms. The monoisotopic (exact) mass is 489 g/mol. The molecule has 0 bridgehead atoms. The Morgan fingerprint density at radius 3 is 1.85 bits per heavy atom. The average molecular weight is 490 g/mol. The molecule has 0 radical (unpaired) electrons. The quantitative estimate of drug-likeness (QED) is 0.490. The number of allylic oxidation sites excluding steroid dienone is 5. The third-order valence-corrected chi connectivity index (χ3v) is 6.89. The van der Waals surface area contributed by atoms with Gasteiger partial charge in [0.2, 0.25) is 0 Å². The summed E-state index contributed by atoms with van der Waals surface area (Å²) in [4.78, 5) is 0.657. The minimum atomic E-state index is -4.83. The first-order chi connectivity index (χ1) is 15.3. The molecule has 0 aromatic heterocycles. The Morgan fingerprint density at radius 2 is 1.39 bits per heavy atom. The zero-order chi connectivity index (χ0) is 24.6. The van der Waals surface area contributed by atoms with Gasteiger partial charge in [0.1, 0.15) is 19.0 Å². The molecule has 10 heteroatoms. The van der Waals surface area contributed by atoms with Gasteiger partial charge in [0.15, 0.2) is 5.71 Å². The third kappa shape index (κ3) is 5.48. The second-order valence-corrected chi connectivity index (χ2v) is 10.7. The molecule has 0 spiro atoms. The highest BCUT2D eigenvalue weighted by molar-refractivity contribution is 7.86. The summed E-state index contributed by atoms with van der Waals surface area (Å²) < 4.78 is 68.9. The van der Waals surface area contributed by atoms with E-state index in [1.165, 1.54) is 6.07 Å². The molecular formula is C23H25N2O6S2+. The molecule has 1 aliphatic rings. The highest BCUT2D eigenvalue weighted by Crippen LogP contribution is 2.35. The average Bonchev–Trinajstić information content (AvgIpc) is 2.73. The molecule has 8 nitrogen and oxygen atoms in total. The second-order valence-electron chi connectivity index (χ2n) is 7.87. The molecule has 2 N–H and O–H groups in total. The van der Waals surface area contributed by atoms with Crippen LogP contribution in [-0.4, -0.2) is 64.4 Å². The maximum atomic E-state index is 12.2. The van der Waals surface area contributed by atoms with Crippen molar-refractivity contribution in [3.63, 3.8) is 0 Å². The molecule has 0 aliphatic heterocycles.